The van der Waals surface area contributed by atoms with Crippen molar-refractivity contribution in [3.63, 3.8) is 0 Å². The van der Waals surface area contributed by atoms with E-state index in [0.29, 0.717) is 23.6 Å². The molecule has 29 heavy (non-hydrogen) atoms. The van der Waals surface area contributed by atoms with E-state index in [-0.39, 0.29) is 12.6 Å². The molecule has 2 heterocycles. The number of Topliss-reactive ketones (excluding diaryl/α,β-unsaturated/α-hetero) is 1. The fraction of sp³-hybridized carbons (Fsp3) is 0.400. The Hall–Kier alpha value is -2.81. The van der Waals surface area contributed by atoms with Gasteiger partial charge in [0.1, 0.15) is 0 Å². The number of rotatable bonds is 7. The largest absolute Gasteiger partial charge is 0.456 e. The fourth-order valence-corrected chi connectivity index (χ4v) is 3.47. The van der Waals surface area contributed by atoms with Crippen molar-refractivity contribution in [1.29, 1.82) is 0 Å². The van der Waals surface area contributed by atoms with E-state index in [1.807, 2.05) is 36.6 Å². The van der Waals surface area contributed by atoms with Crippen molar-refractivity contribution in [3.8, 4) is 11.5 Å². The topological polar surface area (TPSA) is 101 Å². The minimum Gasteiger partial charge on any atom is -0.456 e. The zero-order valence-electron chi connectivity index (χ0n) is 16.7. The van der Waals surface area contributed by atoms with Gasteiger partial charge in [-0.15, -0.1) is 0 Å². The number of benzene rings is 1. The molecule has 0 N–H and O–H groups in total. The van der Waals surface area contributed by atoms with Gasteiger partial charge >= 0.3 is 5.97 Å². The molecule has 8 nitrogen and oxygen atoms in total. The first-order valence-corrected chi connectivity index (χ1v) is 11.0. The Kier molecular flexibility index (Phi) is 5.70. The summed E-state index contributed by atoms with van der Waals surface area (Å²) in [6.07, 6.45) is 0.949. The van der Waals surface area contributed by atoms with Gasteiger partial charge in [0, 0.05) is 29.8 Å². The monoisotopic (exact) mass is 421 g/mol. The SMILES string of the molecule is Cc1cc(C(=O)COC(=O)C(C)S(C)(=O)=O)c(C)n1Cc1ccc2c(c1)OCO2. The van der Waals surface area contributed by atoms with Crippen LogP contribution in [0.25, 0.3) is 0 Å². The molecule has 1 atom stereocenters. The normalized spacial score (nSPS) is 13.9. The smallest absolute Gasteiger partial charge is 0.324 e. The number of aromatic nitrogens is 1. The average Bonchev–Trinajstić information content (AvgIpc) is 3.23. The number of ketones is 1. The molecule has 0 aliphatic carbocycles. The highest BCUT2D eigenvalue weighted by atomic mass is 32.2. The predicted molar refractivity (Wildman–Crippen MR) is 105 cm³/mol. The van der Waals surface area contributed by atoms with Gasteiger partial charge in [-0.05, 0) is 44.5 Å². The summed E-state index contributed by atoms with van der Waals surface area (Å²) in [6.45, 7) is 5.16. The van der Waals surface area contributed by atoms with Gasteiger partial charge < -0.3 is 18.8 Å². The Morgan fingerprint density at radius 2 is 1.86 bits per heavy atom. The number of hydrogen-bond acceptors (Lipinski definition) is 7. The van der Waals surface area contributed by atoms with Gasteiger partial charge in [0.25, 0.3) is 0 Å². The molecule has 0 spiro atoms. The molecule has 156 valence electrons. The van der Waals surface area contributed by atoms with Crippen molar-refractivity contribution in [3.05, 3.63) is 46.8 Å². The standard InChI is InChI=1S/C20H23NO7S/c1-12-7-16(17(22)10-26-20(23)14(3)29(4,24)25)13(2)21(12)9-15-5-6-18-19(8-15)28-11-27-18/h5-8,14H,9-11H2,1-4H3. The lowest BCUT2D eigenvalue weighted by atomic mass is 10.1. The third-order valence-electron chi connectivity index (χ3n) is 4.97. The Balaban J connectivity index is 1.72. The summed E-state index contributed by atoms with van der Waals surface area (Å²) in [4.78, 5) is 24.4. The number of hydrogen-bond donors (Lipinski definition) is 0. The molecule has 1 aromatic carbocycles. The average molecular weight is 421 g/mol. The predicted octanol–water partition coefficient (Wildman–Crippen LogP) is 2.04. The highest BCUT2D eigenvalue weighted by Crippen LogP contribution is 2.33. The molecule has 9 heteroatoms. The quantitative estimate of drug-likeness (QED) is 0.498. The fourth-order valence-electron chi connectivity index (χ4n) is 3.06. The molecular weight excluding hydrogens is 398 g/mol. The van der Waals surface area contributed by atoms with Crippen LogP contribution in [-0.4, -0.2) is 49.6 Å². The lowest BCUT2D eigenvalue weighted by Crippen LogP contribution is -2.29. The van der Waals surface area contributed by atoms with Gasteiger partial charge in [-0.25, -0.2) is 8.42 Å². The van der Waals surface area contributed by atoms with Crippen molar-refractivity contribution < 1.29 is 32.2 Å². The summed E-state index contributed by atoms with van der Waals surface area (Å²) in [6, 6.07) is 7.41. The molecule has 0 fully saturated rings. The van der Waals surface area contributed by atoms with Crippen molar-refractivity contribution in [2.75, 3.05) is 19.7 Å². The van der Waals surface area contributed by atoms with Crippen LogP contribution in [0.1, 0.15) is 34.2 Å². The van der Waals surface area contributed by atoms with Crippen LogP contribution in [0, 0.1) is 13.8 Å². The van der Waals surface area contributed by atoms with Crippen molar-refractivity contribution in [2.24, 2.45) is 0 Å². The maximum Gasteiger partial charge on any atom is 0.324 e. The first kappa shape index (κ1) is 20.9. The number of fused-ring (bicyclic) bond motifs is 1. The van der Waals surface area contributed by atoms with Gasteiger partial charge in [-0.3, -0.25) is 9.59 Å². The Labute approximate surface area is 169 Å². The van der Waals surface area contributed by atoms with E-state index >= 15 is 0 Å². The van der Waals surface area contributed by atoms with Crippen LogP contribution in [0.5, 0.6) is 11.5 Å². The van der Waals surface area contributed by atoms with Crippen LogP contribution in [0.15, 0.2) is 24.3 Å². The number of aryl methyl sites for hydroxylation is 1. The van der Waals surface area contributed by atoms with Gasteiger partial charge in [0.15, 0.2) is 33.2 Å². The van der Waals surface area contributed by atoms with Crippen LogP contribution in [0.3, 0.4) is 0 Å². The zero-order valence-corrected chi connectivity index (χ0v) is 17.5. The highest BCUT2D eigenvalue weighted by molar-refractivity contribution is 7.92. The van der Waals surface area contributed by atoms with E-state index in [0.717, 1.165) is 23.2 Å². The second-order valence-electron chi connectivity index (χ2n) is 7.06. The Bertz CT molecular complexity index is 1070. The van der Waals surface area contributed by atoms with Crippen LogP contribution in [0.2, 0.25) is 0 Å². The molecule has 0 saturated heterocycles. The summed E-state index contributed by atoms with van der Waals surface area (Å²) < 4.78 is 40.5. The minimum atomic E-state index is -3.57. The molecule has 0 saturated carbocycles. The summed E-state index contributed by atoms with van der Waals surface area (Å²) in [5, 5.41) is -1.31. The molecule has 1 unspecified atom stereocenters. The number of esters is 1. The lowest BCUT2D eigenvalue weighted by molar-refractivity contribution is -0.141. The van der Waals surface area contributed by atoms with Crippen LogP contribution < -0.4 is 9.47 Å². The Morgan fingerprint density at radius 3 is 2.55 bits per heavy atom. The molecule has 3 rings (SSSR count). The molecule has 1 aliphatic rings. The molecule has 0 radical (unpaired) electrons. The van der Waals surface area contributed by atoms with E-state index in [1.54, 1.807) is 6.07 Å². The summed E-state index contributed by atoms with van der Waals surface area (Å²) in [7, 11) is -3.57. The first-order valence-electron chi connectivity index (χ1n) is 9.02. The van der Waals surface area contributed by atoms with E-state index in [2.05, 4.69) is 0 Å². The number of sulfone groups is 1. The Morgan fingerprint density at radius 1 is 1.17 bits per heavy atom. The van der Waals surface area contributed by atoms with Gasteiger partial charge in [-0.1, -0.05) is 6.07 Å². The number of ether oxygens (including phenoxy) is 3. The third kappa shape index (κ3) is 4.45. The number of carbonyl (C=O) groups is 2. The van der Waals surface area contributed by atoms with Crippen molar-refractivity contribution in [1.82, 2.24) is 4.57 Å². The van der Waals surface area contributed by atoms with E-state index in [1.165, 1.54) is 6.92 Å². The second kappa shape index (κ2) is 7.90. The molecule has 0 amide bonds. The first-order chi connectivity index (χ1) is 13.6. The van der Waals surface area contributed by atoms with Gasteiger partial charge in [0.2, 0.25) is 12.6 Å². The molecule has 1 aromatic heterocycles. The van der Waals surface area contributed by atoms with E-state index < -0.39 is 27.7 Å². The summed E-state index contributed by atoms with van der Waals surface area (Å²) >= 11 is 0. The molecule has 0 bridgehead atoms. The molecule has 1 aliphatic heterocycles. The maximum atomic E-state index is 12.5. The van der Waals surface area contributed by atoms with E-state index in [9.17, 15) is 18.0 Å². The number of carbonyl (C=O) groups excluding carboxylic acids is 2. The maximum absolute atomic E-state index is 12.5. The van der Waals surface area contributed by atoms with Gasteiger partial charge in [0.05, 0.1) is 0 Å². The molecular formula is C20H23NO7S. The lowest BCUT2D eigenvalue weighted by Gasteiger charge is -2.11. The molecule has 2 aromatic rings. The van der Waals surface area contributed by atoms with Crippen LogP contribution in [0.4, 0.5) is 0 Å². The second-order valence-corrected chi connectivity index (χ2v) is 9.43. The zero-order chi connectivity index (χ0) is 21.3. The third-order valence-corrected chi connectivity index (χ3v) is 6.45. The van der Waals surface area contributed by atoms with Gasteiger partial charge in [-0.2, -0.15) is 0 Å². The van der Waals surface area contributed by atoms with Crippen molar-refractivity contribution >= 4 is 21.6 Å². The van der Waals surface area contributed by atoms with Crippen molar-refractivity contribution in [2.45, 2.75) is 32.6 Å². The highest BCUT2D eigenvalue weighted by Gasteiger charge is 2.26. The van der Waals surface area contributed by atoms with Crippen LogP contribution >= 0.6 is 0 Å². The summed E-state index contributed by atoms with van der Waals surface area (Å²) in [5.41, 5.74) is 3.03. The van der Waals surface area contributed by atoms with E-state index in [4.69, 9.17) is 14.2 Å². The minimum absolute atomic E-state index is 0.204. The number of nitrogens with zero attached hydrogens (tertiary/aromatic N) is 1. The summed E-state index contributed by atoms with van der Waals surface area (Å²) in [5.74, 6) is 0.0722. The van der Waals surface area contributed by atoms with Crippen LogP contribution in [-0.2, 0) is 25.9 Å².